The van der Waals surface area contributed by atoms with Gasteiger partial charge in [-0.3, -0.25) is 5.41 Å². The van der Waals surface area contributed by atoms with Crippen LogP contribution in [0.15, 0.2) is 23.2 Å². The number of nitrogens with zero attached hydrogens (tertiary/aromatic N) is 1. The fourth-order valence-electron chi connectivity index (χ4n) is 2.29. The van der Waals surface area contributed by atoms with Gasteiger partial charge < -0.3 is 5.32 Å². The minimum Gasteiger partial charge on any atom is -0.373 e. The summed E-state index contributed by atoms with van der Waals surface area (Å²) in [7, 11) is 0. The fourth-order valence-corrected chi connectivity index (χ4v) is 2.29. The molecule has 2 N–H and O–H groups in total. The number of amidine groups is 1. The first kappa shape index (κ1) is 13.8. The highest BCUT2D eigenvalue weighted by molar-refractivity contribution is 6.02. The molecule has 3 heteroatoms. The zero-order chi connectivity index (χ0) is 13.8. The van der Waals surface area contributed by atoms with Gasteiger partial charge >= 0.3 is 0 Å². The standard InChI is InChI=1S/C16H23N3/c1-4-13-14(11(2)3)6-5-7-15(13)16(17)19-10-18-12-8-9-12/h5-7,10-12H,4,8-9H2,1-3H3,(H2,17,18,19). The molecule has 0 heterocycles. The highest BCUT2D eigenvalue weighted by atomic mass is 15.0. The Kier molecular flexibility index (Phi) is 4.35. The molecule has 0 saturated heterocycles. The fraction of sp³-hybridized carbons (Fsp3) is 0.500. The van der Waals surface area contributed by atoms with Crippen molar-refractivity contribution in [3.8, 4) is 0 Å². The normalized spacial score (nSPS) is 15.2. The van der Waals surface area contributed by atoms with Crippen molar-refractivity contribution in [1.82, 2.24) is 5.32 Å². The van der Waals surface area contributed by atoms with E-state index in [9.17, 15) is 0 Å². The Balaban J connectivity index is 2.19. The Bertz CT molecular complexity index is 485. The molecule has 19 heavy (non-hydrogen) atoms. The molecule has 0 aromatic heterocycles. The molecular weight excluding hydrogens is 234 g/mol. The lowest BCUT2D eigenvalue weighted by Crippen LogP contribution is -2.15. The summed E-state index contributed by atoms with van der Waals surface area (Å²) in [6.07, 6.45) is 5.07. The van der Waals surface area contributed by atoms with E-state index in [0.29, 0.717) is 17.8 Å². The summed E-state index contributed by atoms with van der Waals surface area (Å²) in [5, 5.41) is 11.3. The molecular formula is C16H23N3. The van der Waals surface area contributed by atoms with E-state index in [1.54, 1.807) is 6.34 Å². The second-order valence-corrected chi connectivity index (χ2v) is 5.43. The van der Waals surface area contributed by atoms with Gasteiger partial charge in [0.05, 0.1) is 6.34 Å². The van der Waals surface area contributed by atoms with E-state index in [2.05, 4.69) is 37.1 Å². The minimum absolute atomic E-state index is 0.354. The van der Waals surface area contributed by atoms with Crippen LogP contribution in [0.3, 0.4) is 0 Å². The highest BCUT2D eigenvalue weighted by Gasteiger charge is 2.19. The molecule has 1 aliphatic carbocycles. The zero-order valence-electron chi connectivity index (χ0n) is 12.0. The Labute approximate surface area is 115 Å². The van der Waals surface area contributed by atoms with Crippen LogP contribution < -0.4 is 5.32 Å². The summed E-state index contributed by atoms with van der Waals surface area (Å²) >= 11 is 0. The molecule has 0 atom stereocenters. The number of nitrogens with one attached hydrogen (secondary N) is 2. The molecule has 0 unspecified atom stereocenters. The molecule has 2 rings (SSSR count). The minimum atomic E-state index is 0.354. The van der Waals surface area contributed by atoms with Crippen molar-refractivity contribution in [2.75, 3.05) is 0 Å². The van der Waals surface area contributed by atoms with Gasteiger partial charge in [0.1, 0.15) is 0 Å². The first-order chi connectivity index (χ1) is 9.13. The molecule has 0 bridgehead atoms. The van der Waals surface area contributed by atoms with E-state index < -0.39 is 0 Å². The average Bonchev–Trinajstić information content (AvgIpc) is 3.21. The zero-order valence-corrected chi connectivity index (χ0v) is 12.0. The van der Waals surface area contributed by atoms with Gasteiger partial charge in [0, 0.05) is 11.6 Å². The van der Waals surface area contributed by atoms with Crippen LogP contribution in [-0.4, -0.2) is 18.2 Å². The maximum Gasteiger partial charge on any atom is 0.153 e. The van der Waals surface area contributed by atoms with Crippen molar-refractivity contribution in [1.29, 1.82) is 5.41 Å². The molecule has 3 nitrogen and oxygen atoms in total. The second-order valence-electron chi connectivity index (χ2n) is 5.43. The van der Waals surface area contributed by atoms with E-state index in [0.717, 1.165) is 12.0 Å². The third kappa shape index (κ3) is 3.43. The molecule has 1 aromatic carbocycles. The van der Waals surface area contributed by atoms with Crippen LogP contribution in [0.2, 0.25) is 0 Å². The average molecular weight is 257 g/mol. The van der Waals surface area contributed by atoms with Gasteiger partial charge in [-0.15, -0.1) is 0 Å². The third-order valence-corrected chi connectivity index (χ3v) is 3.52. The highest BCUT2D eigenvalue weighted by Crippen LogP contribution is 2.24. The quantitative estimate of drug-likeness (QED) is 0.615. The molecule has 0 spiro atoms. The topological polar surface area (TPSA) is 48.2 Å². The van der Waals surface area contributed by atoms with Crippen LogP contribution in [0.4, 0.5) is 0 Å². The van der Waals surface area contributed by atoms with Gasteiger partial charge in [0.15, 0.2) is 5.84 Å². The molecule has 0 radical (unpaired) electrons. The lowest BCUT2D eigenvalue weighted by Gasteiger charge is -2.15. The third-order valence-electron chi connectivity index (χ3n) is 3.52. The Hall–Kier alpha value is -1.64. The van der Waals surface area contributed by atoms with Crippen molar-refractivity contribution >= 4 is 12.2 Å². The molecule has 1 aliphatic rings. The molecule has 0 amide bonds. The second kappa shape index (κ2) is 6.00. The molecule has 1 aromatic rings. The first-order valence-corrected chi connectivity index (χ1v) is 7.12. The number of hydrogen-bond acceptors (Lipinski definition) is 1. The molecule has 0 aliphatic heterocycles. The van der Waals surface area contributed by atoms with Crippen LogP contribution >= 0.6 is 0 Å². The van der Waals surface area contributed by atoms with Crippen LogP contribution in [0.25, 0.3) is 0 Å². The van der Waals surface area contributed by atoms with Crippen molar-refractivity contribution < 1.29 is 0 Å². The van der Waals surface area contributed by atoms with Crippen LogP contribution in [0.1, 0.15) is 56.2 Å². The van der Waals surface area contributed by atoms with Gasteiger partial charge in [-0.2, -0.15) is 0 Å². The van der Waals surface area contributed by atoms with Gasteiger partial charge in [-0.05, 0) is 36.3 Å². The molecule has 1 fully saturated rings. The van der Waals surface area contributed by atoms with Crippen molar-refractivity contribution in [3.05, 3.63) is 34.9 Å². The maximum absolute atomic E-state index is 8.14. The van der Waals surface area contributed by atoms with E-state index in [1.807, 2.05) is 12.1 Å². The van der Waals surface area contributed by atoms with Gasteiger partial charge in [0.25, 0.3) is 0 Å². The Morgan fingerprint density at radius 1 is 1.47 bits per heavy atom. The van der Waals surface area contributed by atoms with Gasteiger partial charge in [0.2, 0.25) is 0 Å². The summed E-state index contributed by atoms with van der Waals surface area (Å²) in [6.45, 7) is 6.53. The summed E-state index contributed by atoms with van der Waals surface area (Å²) in [4.78, 5) is 4.23. The largest absolute Gasteiger partial charge is 0.373 e. The summed E-state index contributed by atoms with van der Waals surface area (Å²) in [6, 6.07) is 6.78. The lowest BCUT2D eigenvalue weighted by atomic mass is 9.91. The van der Waals surface area contributed by atoms with E-state index >= 15 is 0 Å². The van der Waals surface area contributed by atoms with Crippen molar-refractivity contribution in [2.45, 2.75) is 52.0 Å². The summed E-state index contributed by atoms with van der Waals surface area (Å²) in [5.41, 5.74) is 3.55. The monoisotopic (exact) mass is 257 g/mol. The predicted molar refractivity (Wildman–Crippen MR) is 81.4 cm³/mol. The summed E-state index contributed by atoms with van der Waals surface area (Å²) < 4.78 is 0. The first-order valence-electron chi connectivity index (χ1n) is 7.12. The van der Waals surface area contributed by atoms with E-state index in [1.165, 1.54) is 24.0 Å². The maximum atomic E-state index is 8.14. The smallest absolute Gasteiger partial charge is 0.153 e. The van der Waals surface area contributed by atoms with Gasteiger partial charge in [-0.1, -0.05) is 39.0 Å². The number of aliphatic imine (C=N–C) groups is 1. The van der Waals surface area contributed by atoms with Crippen LogP contribution in [0.5, 0.6) is 0 Å². The Morgan fingerprint density at radius 2 is 2.21 bits per heavy atom. The number of hydrogen-bond donors (Lipinski definition) is 2. The Morgan fingerprint density at radius 3 is 2.79 bits per heavy atom. The van der Waals surface area contributed by atoms with Crippen molar-refractivity contribution in [3.63, 3.8) is 0 Å². The SMILES string of the molecule is CCc1c(C(=N)/N=C\NC2CC2)cccc1C(C)C. The predicted octanol–water partition coefficient (Wildman–Crippen LogP) is 3.48. The lowest BCUT2D eigenvalue weighted by molar-refractivity contribution is 0.843. The molecule has 1 saturated carbocycles. The van der Waals surface area contributed by atoms with E-state index in [-0.39, 0.29) is 0 Å². The van der Waals surface area contributed by atoms with E-state index in [4.69, 9.17) is 5.41 Å². The summed E-state index contributed by atoms with van der Waals surface area (Å²) in [5.74, 6) is 0.837. The molecule has 102 valence electrons. The van der Waals surface area contributed by atoms with Crippen LogP contribution in [0, 0.1) is 5.41 Å². The van der Waals surface area contributed by atoms with Crippen molar-refractivity contribution in [2.24, 2.45) is 4.99 Å². The van der Waals surface area contributed by atoms with Crippen LogP contribution in [-0.2, 0) is 6.42 Å². The van der Waals surface area contributed by atoms with Gasteiger partial charge in [-0.25, -0.2) is 4.99 Å². The number of benzene rings is 1. The number of rotatable bonds is 5.